The van der Waals surface area contributed by atoms with Gasteiger partial charge in [-0.05, 0) is 78.0 Å². The molecule has 30 heavy (non-hydrogen) atoms. The van der Waals surface area contributed by atoms with Crippen molar-refractivity contribution in [1.82, 2.24) is 5.32 Å². The lowest BCUT2D eigenvalue weighted by Gasteiger charge is -2.39. The highest BCUT2D eigenvalue weighted by Crippen LogP contribution is 2.32. The predicted molar refractivity (Wildman–Crippen MR) is 119 cm³/mol. The van der Waals surface area contributed by atoms with Crippen LogP contribution in [0.4, 0.5) is 10.5 Å². The quantitative estimate of drug-likeness (QED) is 0.570. The topological polar surface area (TPSA) is 67.9 Å². The van der Waals surface area contributed by atoms with Crippen molar-refractivity contribution in [3.63, 3.8) is 0 Å². The number of anilines is 1. The number of methoxy groups -OCH3 is 1. The molecule has 1 aromatic rings. The molecule has 0 radical (unpaired) electrons. The Morgan fingerprint density at radius 1 is 1.23 bits per heavy atom. The van der Waals surface area contributed by atoms with Crippen LogP contribution >= 0.6 is 0 Å². The number of ether oxygens (including phenoxy) is 2. The second-order valence-corrected chi connectivity index (χ2v) is 8.74. The first-order valence-electron chi connectivity index (χ1n) is 10.5. The number of terminal acetylenes is 1. The first-order chi connectivity index (χ1) is 14.1. The summed E-state index contributed by atoms with van der Waals surface area (Å²) >= 11 is 0. The average molecular weight is 415 g/mol. The van der Waals surface area contributed by atoms with Crippen LogP contribution in [0.3, 0.4) is 0 Å². The Hall–Kier alpha value is -2.68. The molecule has 0 aromatic heterocycles. The molecule has 1 aromatic carbocycles. The molecule has 0 spiro atoms. The van der Waals surface area contributed by atoms with Crippen molar-refractivity contribution < 1.29 is 19.1 Å². The standard InChI is InChI=1S/C24H34N2O4/c1-8-17-14-20(22(27)29-7)16(3)21(15-17)26(9-2)19-12-10-18(11-13-19)25-23(28)30-24(4,5)6/h1,14-15,18-19H,9-13H2,2-7H3,(H,25,28)/t18-,19-. The zero-order chi connectivity index (χ0) is 22.5. The van der Waals surface area contributed by atoms with Gasteiger partial charge in [0.05, 0.1) is 12.7 Å². The zero-order valence-corrected chi connectivity index (χ0v) is 19.0. The summed E-state index contributed by atoms with van der Waals surface area (Å²) in [5.74, 6) is 2.26. The molecule has 0 saturated heterocycles. The summed E-state index contributed by atoms with van der Waals surface area (Å²) in [4.78, 5) is 26.6. The van der Waals surface area contributed by atoms with Crippen LogP contribution in [0, 0.1) is 19.3 Å². The summed E-state index contributed by atoms with van der Waals surface area (Å²) in [6.07, 6.45) is 8.88. The Balaban J connectivity index is 2.14. The van der Waals surface area contributed by atoms with Gasteiger partial charge in [-0.2, -0.15) is 0 Å². The molecular weight excluding hydrogens is 380 g/mol. The van der Waals surface area contributed by atoms with Crippen molar-refractivity contribution in [3.05, 3.63) is 28.8 Å². The van der Waals surface area contributed by atoms with Crippen LogP contribution in [0.2, 0.25) is 0 Å². The highest BCUT2D eigenvalue weighted by molar-refractivity contribution is 5.93. The average Bonchev–Trinajstić information content (AvgIpc) is 2.68. The molecule has 1 fully saturated rings. The molecule has 2 rings (SSSR count). The number of hydrogen-bond donors (Lipinski definition) is 1. The number of nitrogens with zero attached hydrogens (tertiary/aromatic N) is 1. The molecule has 164 valence electrons. The number of esters is 1. The molecule has 0 aliphatic heterocycles. The summed E-state index contributed by atoms with van der Waals surface area (Å²) in [5.41, 5.74) is 2.50. The monoisotopic (exact) mass is 414 g/mol. The zero-order valence-electron chi connectivity index (χ0n) is 19.0. The Morgan fingerprint density at radius 2 is 1.87 bits per heavy atom. The van der Waals surface area contributed by atoms with E-state index in [1.807, 2.05) is 33.8 Å². The number of hydrogen-bond acceptors (Lipinski definition) is 5. The number of amides is 1. The van der Waals surface area contributed by atoms with E-state index in [1.54, 1.807) is 6.07 Å². The lowest BCUT2D eigenvalue weighted by Crippen LogP contribution is -2.45. The van der Waals surface area contributed by atoms with Gasteiger partial charge >= 0.3 is 12.1 Å². The Labute approximate surface area is 180 Å². The number of carbonyl (C=O) groups is 2. The first-order valence-corrected chi connectivity index (χ1v) is 10.5. The van der Waals surface area contributed by atoms with Gasteiger partial charge in [-0.3, -0.25) is 0 Å². The van der Waals surface area contributed by atoms with E-state index in [-0.39, 0.29) is 18.1 Å². The number of carbonyl (C=O) groups excluding carboxylic acids is 2. The van der Waals surface area contributed by atoms with Crippen LogP contribution in [0.1, 0.15) is 74.9 Å². The normalized spacial score (nSPS) is 18.8. The Bertz CT molecular complexity index is 812. The van der Waals surface area contributed by atoms with Crippen LogP contribution in [0.25, 0.3) is 0 Å². The van der Waals surface area contributed by atoms with Crippen LogP contribution in [0.15, 0.2) is 12.1 Å². The molecule has 6 nitrogen and oxygen atoms in total. The van der Waals surface area contributed by atoms with Gasteiger partial charge < -0.3 is 19.7 Å². The van der Waals surface area contributed by atoms with Crippen molar-refractivity contribution in [2.45, 2.75) is 78.0 Å². The van der Waals surface area contributed by atoms with Gasteiger partial charge in [0, 0.05) is 29.9 Å². The third-order valence-corrected chi connectivity index (χ3v) is 5.46. The maximum atomic E-state index is 12.2. The molecule has 1 aliphatic carbocycles. The smallest absolute Gasteiger partial charge is 0.407 e. The van der Waals surface area contributed by atoms with Crippen LogP contribution in [0.5, 0.6) is 0 Å². The molecule has 0 heterocycles. The summed E-state index contributed by atoms with van der Waals surface area (Å²) in [5, 5.41) is 2.99. The maximum Gasteiger partial charge on any atom is 0.407 e. The molecule has 1 N–H and O–H groups in total. The van der Waals surface area contributed by atoms with E-state index >= 15 is 0 Å². The van der Waals surface area contributed by atoms with Gasteiger partial charge in [-0.15, -0.1) is 6.42 Å². The lowest BCUT2D eigenvalue weighted by atomic mass is 9.89. The van der Waals surface area contributed by atoms with Crippen LogP contribution in [-0.2, 0) is 9.47 Å². The van der Waals surface area contributed by atoms with E-state index in [4.69, 9.17) is 15.9 Å². The SMILES string of the molecule is C#Cc1cc(C(=O)OC)c(C)c(N(CC)[C@H]2CC[C@H](NC(=O)OC(C)(C)C)CC2)c1. The Morgan fingerprint density at radius 3 is 2.37 bits per heavy atom. The fourth-order valence-corrected chi connectivity index (χ4v) is 4.03. The molecule has 0 atom stereocenters. The summed E-state index contributed by atoms with van der Waals surface area (Å²) in [7, 11) is 1.38. The number of nitrogens with one attached hydrogen (secondary N) is 1. The van der Waals surface area contributed by atoms with Crippen molar-refractivity contribution in [2.24, 2.45) is 0 Å². The summed E-state index contributed by atoms with van der Waals surface area (Å²) in [6, 6.07) is 4.10. The summed E-state index contributed by atoms with van der Waals surface area (Å²) < 4.78 is 10.3. The molecule has 1 saturated carbocycles. The largest absolute Gasteiger partial charge is 0.465 e. The van der Waals surface area contributed by atoms with Gasteiger partial charge in [0.25, 0.3) is 0 Å². The first kappa shape index (κ1) is 23.6. The van der Waals surface area contributed by atoms with E-state index in [2.05, 4.69) is 23.1 Å². The highest BCUT2D eigenvalue weighted by atomic mass is 16.6. The predicted octanol–water partition coefficient (Wildman–Crippen LogP) is 4.43. The summed E-state index contributed by atoms with van der Waals surface area (Å²) in [6.45, 7) is 10.4. The lowest BCUT2D eigenvalue weighted by molar-refractivity contribution is 0.0490. The molecule has 6 heteroatoms. The van der Waals surface area contributed by atoms with Crippen LogP contribution < -0.4 is 10.2 Å². The third kappa shape index (κ3) is 5.91. The second kappa shape index (κ2) is 9.88. The van der Waals surface area contributed by atoms with Gasteiger partial charge in [0.1, 0.15) is 5.60 Å². The molecule has 1 amide bonds. The van der Waals surface area contributed by atoms with Gasteiger partial charge in [0.2, 0.25) is 0 Å². The molecular formula is C24H34N2O4. The molecule has 1 aliphatic rings. The minimum absolute atomic E-state index is 0.110. The van der Waals surface area contributed by atoms with Crippen molar-refractivity contribution in [1.29, 1.82) is 0 Å². The highest BCUT2D eigenvalue weighted by Gasteiger charge is 2.29. The minimum Gasteiger partial charge on any atom is -0.465 e. The van der Waals surface area contributed by atoms with E-state index in [0.29, 0.717) is 17.2 Å². The maximum absolute atomic E-state index is 12.2. The number of rotatable bonds is 5. The fourth-order valence-electron chi connectivity index (χ4n) is 4.03. The van der Waals surface area contributed by atoms with Crippen molar-refractivity contribution in [3.8, 4) is 12.3 Å². The van der Waals surface area contributed by atoms with Gasteiger partial charge in [-0.25, -0.2) is 9.59 Å². The van der Waals surface area contributed by atoms with Gasteiger partial charge in [0.15, 0.2) is 0 Å². The Kier molecular flexibility index (Phi) is 7.77. The van der Waals surface area contributed by atoms with E-state index in [1.165, 1.54) is 7.11 Å². The third-order valence-electron chi connectivity index (χ3n) is 5.46. The molecule has 0 unspecified atom stereocenters. The second-order valence-electron chi connectivity index (χ2n) is 8.74. The van der Waals surface area contributed by atoms with Gasteiger partial charge in [-0.1, -0.05) is 5.92 Å². The number of benzene rings is 1. The molecule has 0 bridgehead atoms. The van der Waals surface area contributed by atoms with Crippen LogP contribution in [-0.4, -0.2) is 43.4 Å². The van der Waals surface area contributed by atoms with E-state index in [0.717, 1.165) is 43.5 Å². The van der Waals surface area contributed by atoms with Crippen molar-refractivity contribution >= 4 is 17.7 Å². The van der Waals surface area contributed by atoms with E-state index in [9.17, 15) is 9.59 Å². The minimum atomic E-state index is -0.503. The fraction of sp³-hybridized carbons (Fsp3) is 0.583. The number of alkyl carbamates (subject to hydrolysis) is 1. The van der Waals surface area contributed by atoms with Crippen molar-refractivity contribution in [2.75, 3.05) is 18.6 Å². The van der Waals surface area contributed by atoms with E-state index < -0.39 is 5.60 Å².